The Kier molecular flexibility index (Phi) is 4.17. The number of carbonyl (C=O) groups excluding carboxylic acids is 1. The van der Waals surface area contributed by atoms with E-state index < -0.39 is 5.54 Å². The molecule has 1 aromatic rings. The first-order valence-electron chi connectivity index (χ1n) is 5.74. The molecule has 1 aliphatic heterocycles. The zero-order chi connectivity index (χ0) is 12.3. The lowest BCUT2D eigenvalue weighted by Gasteiger charge is -2.31. The van der Waals surface area contributed by atoms with Gasteiger partial charge >= 0.3 is 0 Å². The number of hydrogen-bond donors (Lipinski definition) is 1. The zero-order valence-corrected chi connectivity index (χ0v) is 11.8. The third-order valence-electron chi connectivity index (χ3n) is 3.22. The van der Waals surface area contributed by atoms with E-state index in [-0.39, 0.29) is 5.78 Å². The monoisotopic (exact) mass is 345 g/mol. The van der Waals surface area contributed by atoms with Crippen molar-refractivity contribution in [1.29, 1.82) is 0 Å². The summed E-state index contributed by atoms with van der Waals surface area (Å²) < 4.78 is 6.42. The molecule has 1 aliphatic rings. The van der Waals surface area contributed by atoms with E-state index in [2.05, 4.69) is 22.6 Å². The van der Waals surface area contributed by atoms with Crippen molar-refractivity contribution in [3.8, 4) is 0 Å². The normalized spacial score (nSPS) is 18.9. The van der Waals surface area contributed by atoms with Crippen LogP contribution in [0.4, 0.5) is 0 Å². The van der Waals surface area contributed by atoms with Crippen molar-refractivity contribution in [2.75, 3.05) is 13.2 Å². The quantitative estimate of drug-likeness (QED) is 0.852. The van der Waals surface area contributed by atoms with Crippen LogP contribution < -0.4 is 5.73 Å². The van der Waals surface area contributed by atoms with Crippen LogP contribution in [-0.2, 0) is 16.0 Å². The lowest BCUT2D eigenvalue weighted by atomic mass is 9.84. The lowest BCUT2D eigenvalue weighted by molar-refractivity contribution is -0.126. The third-order valence-corrected chi connectivity index (χ3v) is 3.94. The standard InChI is InChI=1S/C13H16INO2/c14-11-3-1-10(2-4-11)9-12(16)13(15)5-7-17-8-6-13/h1-4H,5-9,15H2. The first-order valence-corrected chi connectivity index (χ1v) is 6.82. The largest absolute Gasteiger partial charge is 0.381 e. The van der Waals surface area contributed by atoms with Gasteiger partial charge in [-0.05, 0) is 53.1 Å². The van der Waals surface area contributed by atoms with Crippen molar-refractivity contribution < 1.29 is 9.53 Å². The van der Waals surface area contributed by atoms with Crippen LogP contribution in [0.1, 0.15) is 18.4 Å². The van der Waals surface area contributed by atoms with Gasteiger partial charge in [0.25, 0.3) is 0 Å². The van der Waals surface area contributed by atoms with E-state index in [1.54, 1.807) is 0 Å². The number of rotatable bonds is 3. The number of hydrogen-bond acceptors (Lipinski definition) is 3. The summed E-state index contributed by atoms with van der Waals surface area (Å²) in [7, 11) is 0. The highest BCUT2D eigenvalue weighted by Crippen LogP contribution is 2.21. The maximum absolute atomic E-state index is 12.2. The molecule has 0 aliphatic carbocycles. The van der Waals surface area contributed by atoms with Gasteiger partial charge < -0.3 is 10.5 Å². The van der Waals surface area contributed by atoms with Crippen molar-refractivity contribution in [3.05, 3.63) is 33.4 Å². The number of ether oxygens (including phenoxy) is 1. The molecule has 1 aromatic carbocycles. The van der Waals surface area contributed by atoms with Crippen molar-refractivity contribution in [2.45, 2.75) is 24.8 Å². The molecule has 1 saturated heterocycles. The molecule has 0 aromatic heterocycles. The van der Waals surface area contributed by atoms with Gasteiger partial charge in [0.2, 0.25) is 0 Å². The molecule has 2 rings (SSSR count). The number of benzene rings is 1. The molecule has 92 valence electrons. The fourth-order valence-corrected chi connectivity index (χ4v) is 2.34. The molecule has 0 atom stereocenters. The van der Waals surface area contributed by atoms with Gasteiger partial charge in [-0.15, -0.1) is 0 Å². The molecule has 0 unspecified atom stereocenters. The van der Waals surface area contributed by atoms with E-state index in [1.807, 2.05) is 24.3 Å². The topological polar surface area (TPSA) is 52.3 Å². The number of ketones is 1. The molecular formula is C13H16INO2. The number of carbonyl (C=O) groups is 1. The van der Waals surface area contributed by atoms with Crippen LogP contribution in [0.15, 0.2) is 24.3 Å². The third kappa shape index (κ3) is 3.26. The molecule has 0 spiro atoms. The van der Waals surface area contributed by atoms with Gasteiger partial charge in [-0.2, -0.15) is 0 Å². The van der Waals surface area contributed by atoms with Crippen LogP contribution in [0, 0.1) is 3.57 Å². The summed E-state index contributed by atoms with van der Waals surface area (Å²) in [5.41, 5.74) is 6.50. The summed E-state index contributed by atoms with van der Waals surface area (Å²) >= 11 is 2.25. The highest BCUT2D eigenvalue weighted by Gasteiger charge is 2.35. The summed E-state index contributed by atoms with van der Waals surface area (Å²) in [5.74, 6) is 0.127. The van der Waals surface area contributed by atoms with Gasteiger partial charge in [0.05, 0.1) is 5.54 Å². The number of halogens is 1. The molecule has 3 nitrogen and oxygen atoms in total. The van der Waals surface area contributed by atoms with Crippen LogP contribution in [0.5, 0.6) is 0 Å². The first kappa shape index (κ1) is 13.0. The van der Waals surface area contributed by atoms with Crippen molar-refractivity contribution >= 4 is 28.4 Å². The van der Waals surface area contributed by atoms with Crippen LogP contribution >= 0.6 is 22.6 Å². The molecule has 0 bridgehead atoms. The van der Waals surface area contributed by atoms with Crippen LogP contribution in [0.2, 0.25) is 0 Å². The van der Waals surface area contributed by atoms with E-state index in [1.165, 1.54) is 3.57 Å². The van der Waals surface area contributed by atoms with E-state index >= 15 is 0 Å². The summed E-state index contributed by atoms with van der Waals surface area (Å²) in [5, 5.41) is 0. The maximum Gasteiger partial charge on any atom is 0.157 e. The smallest absolute Gasteiger partial charge is 0.157 e. The lowest BCUT2D eigenvalue weighted by Crippen LogP contribution is -2.52. The van der Waals surface area contributed by atoms with Crippen molar-refractivity contribution in [1.82, 2.24) is 0 Å². The predicted octanol–water partition coefficient (Wildman–Crippen LogP) is 1.91. The first-order chi connectivity index (χ1) is 8.10. The highest BCUT2D eigenvalue weighted by atomic mass is 127. The Bertz CT molecular complexity index is 396. The molecule has 1 fully saturated rings. The fourth-order valence-electron chi connectivity index (χ4n) is 1.98. The Morgan fingerprint density at radius 2 is 1.88 bits per heavy atom. The molecule has 0 radical (unpaired) electrons. The van der Waals surface area contributed by atoms with E-state index in [0.29, 0.717) is 32.5 Å². The Labute approximate surface area is 115 Å². The summed E-state index contributed by atoms with van der Waals surface area (Å²) in [6.45, 7) is 1.18. The van der Waals surface area contributed by atoms with Gasteiger partial charge in [0, 0.05) is 23.2 Å². The van der Waals surface area contributed by atoms with Crippen LogP contribution in [-0.4, -0.2) is 24.5 Å². The molecule has 2 N–H and O–H groups in total. The molecular weight excluding hydrogens is 329 g/mol. The second-order valence-electron chi connectivity index (χ2n) is 4.49. The Hall–Kier alpha value is -0.460. The maximum atomic E-state index is 12.2. The van der Waals surface area contributed by atoms with Gasteiger partial charge in [-0.25, -0.2) is 0 Å². The molecule has 4 heteroatoms. The summed E-state index contributed by atoms with van der Waals surface area (Å²) in [6, 6.07) is 8.00. The number of nitrogens with two attached hydrogens (primary N) is 1. The average Bonchev–Trinajstić information content (AvgIpc) is 2.33. The minimum atomic E-state index is -0.679. The summed E-state index contributed by atoms with van der Waals surface area (Å²) in [4.78, 5) is 12.2. The second kappa shape index (κ2) is 5.46. The van der Waals surface area contributed by atoms with Crippen LogP contribution in [0.25, 0.3) is 0 Å². The SMILES string of the molecule is NC1(C(=O)Cc2ccc(I)cc2)CCOCC1. The van der Waals surface area contributed by atoms with Crippen LogP contribution in [0.3, 0.4) is 0 Å². The summed E-state index contributed by atoms with van der Waals surface area (Å²) in [6.07, 6.45) is 1.69. The molecule has 1 heterocycles. The van der Waals surface area contributed by atoms with Gasteiger partial charge in [-0.1, -0.05) is 12.1 Å². The Morgan fingerprint density at radius 3 is 2.47 bits per heavy atom. The predicted molar refractivity (Wildman–Crippen MR) is 74.8 cm³/mol. The van der Waals surface area contributed by atoms with Crippen molar-refractivity contribution in [2.24, 2.45) is 5.73 Å². The van der Waals surface area contributed by atoms with Gasteiger partial charge in [-0.3, -0.25) is 4.79 Å². The van der Waals surface area contributed by atoms with E-state index in [4.69, 9.17) is 10.5 Å². The zero-order valence-electron chi connectivity index (χ0n) is 9.62. The Morgan fingerprint density at radius 1 is 1.29 bits per heavy atom. The van der Waals surface area contributed by atoms with E-state index in [9.17, 15) is 4.79 Å². The molecule has 0 amide bonds. The van der Waals surface area contributed by atoms with Crippen molar-refractivity contribution in [3.63, 3.8) is 0 Å². The minimum absolute atomic E-state index is 0.127. The minimum Gasteiger partial charge on any atom is -0.381 e. The number of Topliss-reactive ketones (excluding diaryl/α,β-unsaturated/α-hetero) is 1. The Balaban J connectivity index is 2.03. The second-order valence-corrected chi connectivity index (χ2v) is 5.74. The highest BCUT2D eigenvalue weighted by molar-refractivity contribution is 14.1. The van der Waals surface area contributed by atoms with E-state index in [0.717, 1.165) is 5.56 Å². The average molecular weight is 345 g/mol. The van der Waals surface area contributed by atoms with Gasteiger partial charge in [0.15, 0.2) is 5.78 Å². The molecule has 17 heavy (non-hydrogen) atoms. The molecule has 0 saturated carbocycles. The fraction of sp³-hybridized carbons (Fsp3) is 0.462. The van der Waals surface area contributed by atoms with Gasteiger partial charge in [0.1, 0.15) is 0 Å².